The molecule has 1 heterocycles. The fraction of sp³-hybridized carbons (Fsp3) is 0.231. The standard InChI is InChI=1S/C13H10ClNO5S/c14-9-5-7(10-6-11(13(16)17)20-15-10)1-4-12(9)21(18,19)8-2-3-8/h1,4-6,8H,2-3H2,(H,16,17). The van der Waals surface area contributed by atoms with Crippen LogP contribution in [0.5, 0.6) is 0 Å². The van der Waals surface area contributed by atoms with Crippen molar-refractivity contribution in [2.45, 2.75) is 23.0 Å². The highest BCUT2D eigenvalue weighted by atomic mass is 35.5. The summed E-state index contributed by atoms with van der Waals surface area (Å²) in [6, 6.07) is 5.65. The monoisotopic (exact) mass is 327 g/mol. The number of carboxylic acids is 1. The zero-order valence-corrected chi connectivity index (χ0v) is 12.2. The molecule has 6 nitrogen and oxygen atoms in total. The molecule has 21 heavy (non-hydrogen) atoms. The van der Waals surface area contributed by atoms with Gasteiger partial charge in [-0.2, -0.15) is 0 Å². The van der Waals surface area contributed by atoms with Crippen LogP contribution in [0.15, 0.2) is 33.7 Å². The number of sulfone groups is 1. The molecule has 110 valence electrons. The summed E-state index contributed by atoms with van der Waals surface area (Å²) >= 11 is 6.05. The van der Waals surface area contributed by atoms with Crippen LogP contribution >= 0.6 is 11.6 Å². The maximum Gasteiger partial charge on any atom is 0.374 e. The molecular formula is C13H10ClNO5S. The first-order chi connectivity index (χ1) is 9.89. The molecule has 0 aliphatic heterocycles. The lowest BCUT2D eigenvalue weighted by Gasteiger charge is -2.06. The number of aromatic carboxylic acids is 1. The lowest BCUT2D eigenvalue weighted by molar-refractivity contribution is 0.0652. The minimum atomic E-state index is -3.37. The number of hydrogen-bond donors (Lipinski definition) is 1. The Balaban J connectivity index is 1.99. The molecule has 8 heteroatoms. The summed E-state index contributed by atoms with van der Waals surface area (Å²) in [4.78, 5) is 10.8. The lowest BCUT2D eigenvalue weighted by atomic mass is 10.1. The van der Waals surface area contributed by atoms with Gasteiger partial charge in [0.15, 0.2) is 9.84 Å². The van der Waals surface area contributed by atoms with Gasteiger partial charge < -0.3 is 9.63 Å². The van der Waals surface area contributed by atoms with E-state index in [-0.39, 0.29) is 26.6 Å². The van der Waals surface area contributed by atoms with E-state index in [1.54, 1.807) is 0 Å². The van der Waals surface area contributed by atoms with Crippen LogP contribution in [-0.4, -0.2) is 29.9 Å². The Hall–Kier alpha value is -1.86. The Kier molecular flexibility index (Phi) is 3.26. The SMILES string of the molecule is O=C(O)c1cc(-c2ccc(S(=O)(=O)C3CC3)c(Cl)c2)no1. The van der Waals surface area contributed by atoms with E-state index in [1.807, 2.05) is 0 Å². The molecule has 0 bridgehead atoms. The van der Waals surface area contributed by atoms with Crippen molar-refractivity contribution in [3.8, 4) is 11.3 Å². The number of nitrogens with zero attached hydrogens (tertiary/aromatic N) is 1. The molecular weight excluding hydrogens is 318 g/mol. The number of carbonyl (C=O) groups is 1. The lowest BCUT2D eigenvalue weighted by Crippen LogP contribution is -2.07. The summed E-state index contributed by atoms with van der Waals surface area (Å²) < 4.78 is 29.0. The van der Waals surface area contributed by atoms with Gasteiger partial charge in [0.1, 0.15) is 5.69 Å². The minimum Gasteiger partial charge on any atom is -0.475 e. The highest BCUT2D eigenvalue weighted by molar-refractivity contribution is 7.92. The Labute approximate surface area is 125 Å². The van der Waals surface area contributed by atoms with Crippen LogP contribution in [0.4, 0.5) is 0 Å². The van der Waals surface area contributed by atoms with Crippen LogP contribution in [0.2, 0.25) is 5.02 Å². The third-order valence-electron chi connectivity index (χ3n) is 3.22. The summed E-state index contributed by atoms with van der Waals surface area (Å²) in [7, 11) is -3.37. The summed E-state index contributed by atoms with van der Waals surface area (Å²) in [6.07, 6.45) is 1.32. The Morgan fingerprint density at radius 2 is 2.05 bits per heavy atom. The predicted octanol–water partition coefficient (Wildman–Crippen LogP) is 2.63. The van der Waals surface area contributed by atoms with Gasteiger partial charge in [0.2, 0.25) is 5.76 Å². The van der Waals surface area contributed by atoms with E-state index in [4.69, 9.17) is 16.7 Å². The zero-order valence-electron chi connectivity index (χ0n) is 10.6. The second kappa shape index (κ2) is 4.85. The van der Waals surface area contributed by atoms with Crippen molar-refractivity contribution in [1.29, 1.82) is 0 Å². The van der Waals surface area contributed by atoms with Gasteiger partial charge in [-0.05, 0) is 25.0 Å². The molecule has 0 amide bonds. The highest BCUT2D eigenvalue weighted by Crippen LogP contribution is 2.37. The molecule has 0 radical (unpaired) electrons. The van der Waals surface area contributed by atoms with Gasteiger partial charge >= 0.3 is 5.97 Å². The van der Waals surface area contributed by atoms with E-state index in [2.05, 4.69) is 9.68 Å². The third-order valence-corrected chi connectivity index (χ3v) is 5.96. The summed E-state index contributed by atoms with van der Waals surface area (Å²) in [6.45, 7) is 0. The minimum absolute atomic E-state index is 0.0948. The van der Waals surface area contributed by atoms with Gasteiger partial charge in [0, 0.05) is 11.6 Å². The third kappa shape index (κ3) is 2.54. The summed E-state index contributed by atoms with van der Waals surface area (Å²) in [5.74, 6) is -1.52. The average Bonchev–Trinajstić information content (AvgIpc) is 3.16. The first-order valence-electron chi connectivity index (χ1n) is 6.13. The van der Waals surface area contributed by atoms with Gasteiger partial charge in [-0.15, -0.1) is 0 Å². The van der Waals surface area contributed by atoms with Gasteiger partial charge in [-0.3, -0.25) is 0 Å². The smallest absolute Gasteiger partial charge is 0.374 e. The molecule has 0 atom stereocenters. The van der Waals surface area contributed by atoms with Crippen LogP contribution < -0.4 is 0 Å². The summed E-state index contributed by atoms with van der Waals surface area (Å²) in [5, 5.41) is 12.2. The van der Waals surface area contributed by atoms with Gasteiger partial charge in [-0.25, -0.2) is 13.2 Å². The maximum atomic E-state index is 12.2. The van der Waals surface area contributed by atoms with Crippen LogP contribution in [-0.2, 0) is 9.84 Å². The molecule has 2 aromatic rings. The Bertz CT molecular complexity index is 823. The first kappa shape index (κ1) is 14.1. The number of halogens is 1. The molecule has 1 fully saturated rings. The van der Waals surface area contributed by atoms with E-state index >= 15 is 0 Å². The van der Waals surface area contributed by atoms with Crippen molar-refractivity contribution in [2.75, 3.05) is 0 Å². The molecule has 1 N–H and O–H groups in total. The van der Waals surface area contributed by atoms with Gasteiger partial charge in [0.25, 0.3) is 0 Å². The molecule has 1 aliphatic rings. The van der Waals surface area contributed by atoms with Gasteiger partial charge in [-0.1, -0.05) is 22.8 Å². The Morgan fingerprint density at radius 1 is 1.33 bits per heavy atom. The van der Waals surface area contributed by atoms with Crippen LogP contribution in [0.25, 0.3) is 11.3 Å². The van der Waals surface area contributed by atoms with E-state index in [1.165, 1.54) is 24.3 Å². The zero-order chi connectivity index (χ0) is 15.2. The number of carboxylic acid groups (broad SMARTS) is 1. The molecule has 1 aromatic carbocycles. The van der Waals surface area contributed by atoms with Crippen molar-refractivity contribution in [2.24, 2.45) is 0 Å². The quantitative estimate of drug-likeness (QED) is 0.927. The van der Waals surface area contributed by atoms with E-state index in [0.717, 1.165) is 0 Å². The normalized spacial score (nSPS) is 15.1. The van der Waals surface area contributed by atoms with Crippen molar-refractivity contribution >= 4 is 27.4 Å². The van der Waals surface area contributed by atoms with Crippen molar-refractivity contribution in [3.63, 3.8) is 0 Å². The van der Waals surface area contributed by atoms with E-state index in [0.29, 0.717) is 18.4 Å². The first-order valence-corrected chi connectivity index (χ1v) is 8.06. The van der Waals surface area contributed by atoms with E-state index in [9.17, 15) is 13.2 Å². The van der Waals surface area contributed by atoms with Crippen LogP contribution in [0.3, 0.4) is 0 Å². The molecule has 1 aromatic heterocycles. The Morgan fingerprint density at radius 3 is 2.57 bits per heavy atom. The molecule has 1 aliphatic carbocycles. The molecule has 0 saturated heterocycles. The summed E-state index contributed by atoms with van der Waals surface area (Å²) in [5.41, 5.74) is 0.774. The van der Waals surface area contributed by atoms with Crippen LogP contribution in [0.1, 0.15) is 23.4 Å². The second-order valence-electron chi connectivity index (χ2n) is 4.77. The van der Waals surface area contributed by atoms with Gasteiger partial charge in [0.05, 0.1) is 15.2 Å². The van der Waals surface area contributed by atoms with Crippen molar-refractivity contribution in [3.05, 3.63) is 35.0 Å². The van der Waals surface area contributed by atoms with Crippen molar-refractivity contribution in [1.82, 2.24) is 5.16 Å². The topological polar surface area (TPSA) is 97.5 Å². The fourth-order valence-electron chi connectivity index (χ4n) is 1.96. The second-order valence-corrected chi connectivity index (χ2v) is 7.37. The number of aromatic nitrogens is 1. The van der Waals surface area contributed by atoms with Crippen molar-refractivity contribution < 1.29 is 22.8 Å². The fourth-order valence-corrected chi connectivity index (χ4v) is 4.17. The number of hydrogen-bond acceptors (Lipinski definition) is 5. The molecule has 3 rings (SSSR count). The number of benzene rings is 1. The average molecular weight is 328 g/mol. The highest BCUT2D eigenvalue weighted by Gasteiger charge is 2.38. The predicted molar refractivity (Wildman–Crippen MR) is 74.1 cm³/mol. The van der Waals surface area contributed by atoms with E-state index < -0.39 is 15.8 Å². The molecule has 0 unspecified atom stereocenters. The van der Waals surface area contributed by atoms with Crippen LogP contribution in [0, 0.1) is 0 Å². The number of rotatable bonds is 4. The molecule has 1 saturated carbocycles. The largest absolute Gasteiger partial charge is 0.475 e. The maximum absolute atomic E-state index is 12.2. The molecule has 0 spiro atoms.